The number of hydrogen-bond donors (Lipinski definition) is 1. The number of hydrogen-bond acceptors (Lipinski definition) is 6. The molecule has 2 N–H and O–H groups in total. The second kappa shape index (κ2) is 10.0. The number of aromatic nitrogens is 2. The van der Waals surface area contributed by atoms with Crippen molar-refractivity contribution in [1.82, 2.24) is 9.55 Å². The Balaban J connectivity index is 0.00000181. The minimum absolute atomic E-state index is 0. The summed E-state index contributed by atoms with van der Waals surface area (Å²) in [6.07, 6.45) is 1.59. The van der Waals surface area contributed by atoms with Crippen LogP contribution in [0.25, 0.3) is 21.9 Å². The van der Waals surface area contributed by atoms with Gasteiger partial charge in [-0.05, 0) is 30.2 Å². The van der Waals surface area contributed by atoms with Crippen molar-refractivity contribution >= 4 is 51.3 Å². The molecular weight excluding hydrogens is 453 g/mol. The number of rotatable bonds is 6. The van der Waals surface area contributed by atoms with Gasteiger partial charge < -0.3 is 25.1 Å². The number of nitrogens with one attached hydrogen (secondary N) is 1. The van der Waals surface area contributed by atoms with E-state index in [-0.39, 0.29) is 65.8 Å². The maximum atomic E-state index is 13.1. The van der Waals surface area contributed by atoms with Gasteiger partial charge in [0.25, 0.3) is 0 Å². The van der Waals surface area contributed by atoms with Gasteiger partial charge in [0, 0.05) is 38.9 Å². The first-order chi connectivity index (χ1) is 14.2. The molecule has 32 heavy (non-hydrogen) atoms. The molecule has 166 valence electrons. The molecule has 0 bridgehead atoms. The van der Waals surface area contributed by atoms with Gasteiger partial charge in [-0.1, -0.05) is 18.1 Å². The Kier molecular flexibility index (Phi) is 8.28. The van der Waals surface area contributed by atoms with E-state index >= 15 is 0 Å². The predicted molar refractivity (Wildman–Crippen MR) is 117 cm³/mol. The van der Waals surface area contributed by atoms with Gasteiger partial charge in [-0.3, -0.25) is 4.79 Å². The molecule has 0 spiro atoms. The van der Waals surface area contributed by atoms with Gasteiger partial charge in [0.2, 0.25) is 5.92 Å². The summed E-state index contributed by atoms with van der Waals surface area (Å²) in [6.45, 7) is 0.222. The number of benzene rings is 1. The Bertz CT molecular complexity index is 1210. The minimum atomic E-state index is -2.58. The van der Waals surface area contributed by atoms with Crippen molar-refractivity contribution in [1.29, 1.82) is 0 Å². The van der Waals surface area contributed by atoms with Crippen molar-refractivity contribution in [3.63, 3.8) is 0 Å². The zero-order chi connectivity index (χ0) is 21.6. The SMILES string of the molecule is CN(C)c1c(Cl)ccc2c(=O)c3ccc(NCC4CC(F)(F)C4)nc3n(C[C-]=O)c12.[Na+].[OH-]. The molecule has 3 aromatic rings. The van der Waals surface area contributed by atoms with Crippen LogP contribution in [0.4, 0.5) is 20.3 Å². The number of alkyl halides is 2. The maximum Gasteiger partial charge on any atom is 1.00 e. The molecule has 4 rings (SSSR count). The molecule has 1 aliphatic carbocycles. The van der Waals surface area contributed by atoms with E-state index < -0.39 is 5.92 Å². The fraction of sp³-hybridized carbons (Fsp3) is 0.381. The molecule has 7 nitrogen and oxygen atoms in total. The predicted octanol–water partition coefficient (Wildman–Crippen LogP) is 0.663. The van der Waals surface area contributed by atoms with Crippen LogP contribution in [0.15, 0.2) is 29.1 Å². The van der Waals surface area contributed by atoms with E-state index in [1.54, 1.807) is 47.8 Å². The Morgan fingerprint density at radius 2 is 1.91 bits per heavy atom. The first-order valence-corrected chi connectivity index (χ1v) is 9.89. The molecule has 2 heterocycles. The topological polar surface area (TPSA) is 97.2 Å². The Hall–Kier alpha value is -1.78. The van der Waals surface area contributed by atoms with Crippen molar-refractivity contribution < 1.29 is 48.6 Å². The smallest absolute Gasteiger partial charge is 0.870 e. The fourth-order valence-electron chi connectivity index (χ4n) is 4.01. The summed E-state index contributed by atoms with van der Waals surface area (Å²) < 4.78 is 27.7. The average molecular weight is 474 g/mol. The molecule has 11 heteroatoms. The molecule has 0 saturated heterocycles. The van der Waals surface area contributed by atoms with E-state index in [1.165, 1.54) is 0 Å². The summed E-state index contributed by atoms with van der Waals surface area (Å²) in [5, 5.41) is 4.28. The van der Waals surface area contributed by atoms with Crippen LogP contribution in [0.2, 0.25) is 5.02 Å². The van der Waals surface area contributed by atoms with Gasteiger partial charge in [-0.15, -0.1) is 0 Å². The number of pyridine rings is 2. The molecular formula is C21H21ClF2N4NaO3-. The van der Waals surface area contributed by atoms with E-state index in [0.717, 1.165) is 0 Å². The van der Waals surface area contributed by atoms with Gasteiger partial charge in [0.1, 0.15) is 11.5 Å². The van der Waals surface area contributed by atoms with Crippen LogP contribution in [-0.4, -0.2) is 47.9 Å². The molecule has 0 atom stereocenters. The van der Waals surface area contributed by atoms with Crippen molar-refractivity contribution in [2.75, 3.05) is 30.9 Å². The van der Waals surface area contributed by atoms with E-state index in [4.69, 9.17) is 11.6 Å². The molecule has 1 fully saturated rings. The van der Waals surface area contributed by atoms with E-state index in [2.05, 4.69) is 10.3 Å². The average Bonchev–Trinajstić information content (AvgIpc) is 2.67. The van der Waals surface area contributed by atoms with E-state index in [9.17, 15) is 18.4 Å². The standard InChI is InChI=1S/C21H20ClF2N4O2.Na.H2O/c1-27(2)18-15(22)5-3-13-17(18)28(7-8-29)20-14(19(13)30)4-6-16(26-20)25-11-12-9-21(23,24)10-12;;/h3-6,12H,7,9-11H2,1-2H3,(H,25,26);;1H2/q-1;+1;/p-1. The summed E-state index contributed by atoms with van der Waals surface area (Å²) in [7, 11) is 3.59. The van der Waals surface area contributed by atoms with Crippen molar-refractivity contribution in [3.8, 4) is 0 Å². The fourth-order valence-corrected chi connectivity index (χ4v) is 4.34. The van der Waals surface area contributed by atoms with E-state index in [1.807, 2.05) is 6.29 Å². The van der Waals surface area contributed by atoms with Crippen LogP contribution in [0.5, 0.6) is 0 Å². The first-order valence-electron chi connectivity index (χ1n) is 9.51. The Morgan fingerprint density at radius 1 is 1.25 bits per heavy atom. The summed E-state index contributed by atoms with van der Waals surface area (Å²) >= 11 is 6.39. The van der Waals surface area contributed by atoms with Crippen LogP contribution in [0.1, 0.15) is 12.8 Å². The van der Waals surface area contributed by atoms with Gasteiger partial charge in [-0.25, -0.2) is 20.1 Å². The minimum Gasteiger partial charge on any atom is -0.870 e. The van der Waals surface area contributed by atoms with Crippen LogP contribution >= 0.6 is 11.6 Å². The van der Waals surface area contributed by atoms with Crippen LogP contribution in [-0.2, 0) is 11.3 Å². The van der Waals surface area contributed by atoms with Crippen molar-refractivity contribution in [2.45, 2.75) is 25.3 Å². The molecule has 0 radical (unpaired) electrons. The largest absolute Gasteiger partial charge is 1.00 e. The van der Waals surface area contributed by atoms with Gasteiger partial charge >= 0.3 is 29.6 Å². The molecule has 0 amide bonds. The molecule has 1 aromatic carbocycles. The molecule has 0 aliphatic heterocycles. The zero-order valence-electron chi connectivity index (χ0n) is 18.0. The number of anilines is 2. The third kappa shape index (κ3) is 4.77. The van der Waals surface area contributed by atoms with E-state index in [0.29, 0.717) is 45.0 Å². The number of fused-ring (bicyclic) bond motifs is 2. The normalized spacial score (nSPS) is 14.9. The molecule has 1 saturated carbocycles. The van der Waals surface area contributed by atoms with Gasteiger partial charge in [0.15, 0.2) is 5.43 Å². The third-order valence-corrected chi connectivity index (χ3v) is 5.71. The first kappa shape index (κ1) is 26.5. The maximum absolute atomic E-state index is 13.1. The summed E-state index contributed by atoms with van der Waals surface area (Å²) in [5.74, 6) is -2.26. The quantitative estimate of drug-likeness (QED) is 0.321. The summed E-state index contributed by atoms with van der Waals surface area (Å²) in [5.41, 5.74) is 1.18. The molecule has 1 aliphatic rings. The van der Waals surface area contributed by atoms with Crippen LogP contribution in [0.3, 0.4) is 0 Å². The molecule has 0 unspecified atom stereocenters. The number of carbonyl (C=O) groups excluding carboxylic acids is 1. The van der Waals surface area contributed by atoms with Gasteiger partial charge in [0.05, 0.1) is 21.6 Å². The monoisotopic (exact) mass is 473 g/mol. The number of nitrogens with zero attached hydrogens (tertiary/aromatic N) is 3. The number of halogens is 3. The Labute approximate surface area is 210 Å². The van der Waals surface area contributed by atoms with Crippen molar-refractivity contribution in [2.24, 2.45) is 5.92 Å². The zero-order valence-corrected chi connectivity index (χ0v) is 20.7. The summed E-state index contributed by atoms with van der Waals surface area (Å²) in [6, 6.07) is 6.56. The van der Waals surface area contributed by atoms with Gasteiger partial charge in [-0.2, -0.15) is 0 Å². The molecule has 2 aromatic heterocycles. The van der Waals surface area contributed by atoms with Crippen molar-refractivity contribution in [3.05, 3.63) is 39.5 Å². The Morgan fingerprint density at radius 3 is 2.50 bits per heavy atom. The summed E-state index contributed by atoms with van der Waals surface area (Å²) in [4.78, 5) is 30.8. The second-order valence-corrected chi connectivity index (χ2v) is 8.23. The third-order valence-electron chi connectivity index (χ3n) is 5.41. The second-order valence-electron chi connectivity index (χ2n) is 7.82. The van der Waals surface area contributed by atoms with Crippen LogP contribution < -0.4 is 45.2 Å². The van der Waals surface area contributed by atoms with Crippen LogP contribution in [0, 0.1) is 5.92 Å².